The Hall–Kier alpha value is -1.45. The minimum absolute atomic E-state index is 0.206. The van der Waals surface area contributed by atoms with Crippen molar-refractivity contribution in [3.63, 3.8) is 0 Å². The largest absolute Gasteiger partial charge is 0.271 e. The van der Waals surface area contributed by atoms with Gasteiger partial charge in [-0.2, -0.15) is 0 Å². The molecule has 0 amide bonds. The molecule has 0 radical (unpaired) electrons. The van der Waals surface area contributed by atoms with Crippen molar-refractivity contribution in [2.75, 3.05) is 0 Å². The zero-order valence-electron chi connectivity index (χ0n) is 12.5. The molecule has 0 aliphatic rings. The second-order valence-electron chi connectivity index (χ2n) is 5.41. The van der Waals surface area contributed by atoms with Crippen molar-refractivity contribution in [1.82, 2.24) is 10.4 Å². The average molecular weight is 271 g/mol. The first-order valence-corrected chi connectivity index (χ1v) is 7.61. The number of pyridine rings is 1. The first kappa shape index (κ1) is 14.9. The molecule has 0 fully saturated rings. The van der Waals surface area contributed by atoms with Crippen LogP contribution in [0.4, 0.5) is 0 Å². The highest BCUT2D eigenvalue weighted by Gasteiger charge is 2.20. The summed E-state index contributed by atoms with van der Waals surface area (Å²) in [5, 5.41) is 1.17. The normalized spacial score (nSPS) is 14.3. The summed E-state index contributed by atoms with van der Waals surface area (Å²) >= 11 is 0. The van der Waals surface area contributed by atoms with Crippen molar-refractivity contribution in [2.24, 2.45) is 11.8 Å². The molecule has 3 heteroatoms. The van der Waals surface area contributed by atoms with E-state index in [0.29, 0.717) is 5.92 Å². The topological polar surface area (TPSA) is 50.9 Å². The summed E-state index contributed by atoms with van der Waals surface area (Å²) in [7, 11) is 0. The number of hydrogen-bond donors (Lipinski definition) is 2. The molecule has 108 valence electrons. The Balaban J connectivity index is 2.27. The first-order chi connectivity index (χ1) is 9.80. The van der Waals surface area contributed by atoms with Gasteiger partial charge in [0.25, 0.3) is 0 Å². The standard InChI is InChI=1S/C17H25N3/c1-3-5-7-13(4-2)17(20-18)15-10-9-14-8-6-11-19-16(14)12-15/h6,8-13,17,20H,3-5,7,18H2,1-2H3. The van der Waals surface area contributed by atoms with E-state index in [9.17, 15) is 0 Å². The number of unbranched alkanes of at least 4 members (excludes halogenated alkanes) is 1. The molecule has 0 saturated heterocycles. The van der Waals surface area contributed by atoms with Gasteiger partial charge in [-0.15, -0.1) is 0 Å². The molecule has 3 N–H and O–H groups in total. The SMILES string of the molecule is CCCCC(CC)C(NN)c1ccc2cccnc2c1. The van der Waals surface area contributed by atoms with Crippen LogP contribution in [-0.4, -0.2) is 4.98 Å². The van der Waals surface area contributed by atoms with Crippen LogP contribution in [0.25, 0.3) is 10.9 Å². The maximum absolute atomic E-state index is 5.83. The lowest BCUT2D eigenvalue weighted by Gasteiger charge is -2.26. The van der Waals surface area contributed by atoms with Gasteiger partial charge in [-0.05, 0) is 30.0 Å². The molecule has 20 heavy (non-hydrogen) atoms. The fraction of sp³-hybridized carbons (Fsp3) is 0.471. The van der Waals surface area contributed by atoms with Crippen LogP contribution in [-0.2, 0) is 0 Å². The maximum Gasteiger partial charge on any atom is 0.0705 e. The van der Waals surface area contributed by atoms with E-state index in [2.05, 4.69) is 48.5 Å². The summed E-state index contributed by atoms with van der Waals surface area (Å²) < 4.78 is 0. The minimum Gasteiger partial charge on any atom is -0.271 e. The lowest BCUT2D eigenvalue weighted by atomic mass is 9.87. The number of benzene rings is 1. The van der Waals surface area contributed by atoms with Gasteiger partial charge < -0.3 is 0 Å². The second-order valence-corrected chi connectivity index (χ2v) is 5.41. The van der Waals surface area contributed by atoms with Crippen LogP contribution in [0.15, 0.2) is 36.5 Å². The van der Waals surface area contributed by atoms with Gasteiger partial charge in [0.15, 0.2) is 0 Å². The average Bonchev–Trinajstić information content (AvgIpc) is 2.51. The molecule has 0 saturated carbocycles. The highest BCUT2D eigenvalue weighted by Crippen LogP contribution is 2.29. The molecule has 1 aromatic heterocycles. The van der Waals surface area contributed by atoms with Crippen molar-refractivity contribution in [3.05, 3.63) is 42.1 Å². The van der Waals surface area contributed by atoms with Crippen LogP contribution in [0.1, 0.15) is 51.1 Å². The van der Waals surface area contributed by atoms with Crippen molar-refractivity contribution in [2.45, 2.75) is 45.6 Å². The molecule has 2 aromatic rings. The van der Waals surface area contributed by atoms with E-state index in [1.54, 1.807) is 0 Å². The minimum atomic E-state index is 0.206. The van der Waals surface area contributed by atoms with Crippen LogP contribution in [0.2, 0.25) is 0 Å². The van der Waals surface area contributed by atoms with Gasteiger partial charge in [-0.3, -0.25) is 16.3 Å². The zero-order valence-corrected chi connectivity index (χ0v) is 12.5. The molecular weight excluding hydrogens is 246 g/mol. The lowest BCUT2D eigenvalue weighted by Crippen LogP contribution is -2.33. The first-order valence-electron chi connectivity index (χ1n) is 7.61. The summed E-state index contributed by atoms with van der Waals surface area (Å²) in [6, 6.07) is 10.7. The number of nitrogens with zero attached hydrogens (tertiary/aromatic N) is 1. The number of fused-ring (bicyclic) bond motifs is 1. The van der Waals surface area contributed by atoms with Crippen molar-refractivity contribution in [3.8, 4) is 0 Å². The third-order valence-corrected chi connectivity index (χ3v) is 4.09. The van der Waals surface area contributed by atoms with Crippen molar-refractivity contribution < 1.29 is 0 Å². The molecule has 0 spiro atoms. The second kappa shape index (κ2) is 7.36. The van der Waals surface area contributed by atoms with E-state index in [4.69, 9.17) is 5.84 Å². The van der Waals surface area contributed by atoms with E-state index in [1.807, 2.05) is 12.3 Å². The molecule has 0 aliphatic heterocycles. The van der Waals surface area contributed by atoms with Crippen LogP contribution in [0.3, 0.4) is 0 Å². The molecule has 0 aliphatic carbocycles. The number of aromatic nitrogens is 1. The van der Waals surface area contributed by atoms with Gasteiger partial charge in [-0.25, -0.2) is 0 Å². The summed E-state index contributed by atoms with van der Waals surface area (Å²) in [6.45, 7) is 4.47. The summed E-state index contributed by atoms with van der Waals surface area (Å²) in [4.78, 5) is 4.44. The van der Waals surface area contributed by atoms with Gasteiger partial charge in [0.2, 0.25) is 0 Å². The molecule has 0 bridgehead atoms. The van der Waals surface area contributed by atoms with Gasteiger partial charge in [0.1, 0.15) is 0 Å². The fourth-order valence-electron chi connectivity index (χ4n) is 2.85. The molecular formula is C17H25N3. The number of nitrogens with one attached hydrogen (secondary N) is 1. The van der Waals surface area contributed by atoms with E-state index >= 15 is 0 Å². The molecule has 2 unspecified atom stereocenters. The highest BCUT2D eigenvalue weighted by atomic mass is 15.2. The Morgan fingerprint density at radius 3 is 2.80 bits per heavy atom. The van der Waals surface area contributed by atoms with Gasteiger partial charge in [-0.1, -0.05) is 51.3 Å². The smallest absolute Gasteiger partial charge is 0.0705 e. The van der Waals surface area contributed by atoms with Gasteiger partial charge in [0, 0.05) is 17.6 Å². The zero-order chi connectivity index (χ0) is 14.4. The number of rotatable bonds is 7. The highest BCUT2D eigenvalue weighted by molar-refractivity contribution is 5.78. The quantitative estimate of drug-likeness (QED) is 0.592. The predicted molar refractivity (Wildman–Crippen MR) is 85.1 cm³/mol. The maximum atomic E-state index is 5.83. The lowest BCUT2D eigenvalue weighted by molar-refractivity contribution is 0.327. The van der Waals surface area contributed by atoms with Crippen molar-refractivity contribution >= 4 is 10.9 Å². The molecule has 2 atom stereocenters. The van der Waals surface area contributed by atoms with E-state index in [0.717, 1.165) is 11.9 Å². The number of hydrazine groups is 1. The number of hydrogen-bond acceptors (Lipinski definition) is 3. The third-order valence-electron chi connectivity index (χ3n) is 4.09. The molecule has 1 aromatic carbocycles. The monoisotopic (exact) mass is 271 g/mol. The van der Waals surface area contributed by atoms with Crippen molar-refractivity contribution in [1.29, 1.82) is 0 Å². The predicted octanol–water partition coefficient (Wildman–Crippen LogP) is 3.96. The Kier molecular flexibility index (Phi) is 5.50. The Morgan fingerprint density at radius 1 is 1.25 bits per heavy atom. The van der Waals surface area contributed by atoms with Crippen LogP contribution < -0.4 is 11.3 Å². The van der Waals surface area contributed by atoms with Crippen LogP contribution in [0, 0.1) is 5.92 Å². The van der Waals surface area contributed by atoms with Gasteiger partial charge in [0.05, 0.1) is 5.52 Å². The van der Waals surface area contributed by atoms with Crippen LogP contribution in [0.5, 0.6) is 0 Å². The fourth-order valence-corrected chi connectivity index (χ4v) is 2.85. The van der Waals surface area contributed by atoms with Gasteiger partial charge >= 0.3 is 0 Å². The molecule has 3 nitrogen and oxygen atoms in total. The Bertz CT molecular complexity index is 539. The number of nitrogens with two attached hydrogens (primary N) is 1. The van der Waals surface area contributed by atoms with E-state index in [1.165, 1.54) is 30.2 Å². The van der Waals surface area contributed by atoms with E-state index < -0.39 is 0 Å². The summed E-state index contributed by atoms with van der Waals surface area (Å²) in [5.41, 5.74) is 5.29. The van der Waals surface area contributed by atoms with Crippen LogP contribution >= 0.6 is 0 Å². The molecule has 1 heterocycles. The Morgan fingerprint density at radius 2 is 2.10 bits per heavy atom. The molecule has 2 rings (SSSR count). The van der Waals surface area contributed by atoms with E-state index in [-0.39, 0.29) is 6.04 Å². The summed E-state index contributed by atoms with van der Waals surface area (Å²) in [6.07, 6.45) is 6.66. The Labute approximate surface area is 121 Å². The third kappa shape index (κ3) is 3.35. The summed E-state index contributed by atoms with van der Waals surface area (Å²) in [5.74, 6) is 6.40.